The topological polar surface area (TPSA) is 12.0 Å². The molecule has 0 amide bonds. The summed E-state index contributed by atoms with van der Waals surface area (Å²) < 4.78 is 0. The summed E-state index contributed by atoms with van der Waals surface area (Å²) in [6.07, 6.45) is 9.81. The number of thiophene rings is 1. The van der Waals surface area contributed by atoms with E-state index in [4.69, 9.17) is 0 Å². The lowest BCUT2D eigenvalue weighted by molar-refractivity contribution is 0.164. The Kier molecular flexibility index (Phi) is 3.50. The average Bonchev–Trinajstić information content (AvgIpc) is 3.03. The molecule has 1 unspecified atom stereocenters. The number of hydrogen-bond acceptors (Lipinski definition) is 2. The van der Waals surface area contributed by atoms with Crippen molar-refractivity contribution in [3.63, 3.8) is 0 Å². The molecule has 0 bridgehead atoms. The highest BCUT2D eigenvalue weighted by atomic mass is 32.1. The monoisotopic (exact) mass is 263 g/mol. The summed E-state index contributed by atoms with van der Waals surface area (Å²) in [6, 6.07) is 2.38. The highest BCUT2D eigenvalue weighted by molar-refractivity contribution is 7.10. The van der Waals surface area contributed by atoms with Crippen LogP contribution in [0.1, 0.15) is 61.8 Å². The van der Waals surface area contributed by atoms with Crippen LogP contribution >= 0.6 is 11.3 Å². The van der Waals surface area contributed by atoms with E-state index < -0.39 is 0 Å². The van der Waals surface area contributed by atoms with Crippen molar-refractivity contribution in [3.8, 4) is 0 Å². The van der Waals surface area contributed by atoms with Crippen molar-refractivity contribution in [1.29, 1.82) is 0 Å². The highest BCUT2D eigenvalue weighted by Gasteiger charge is 2.41. The third-order valence-corrected chi connectivity index (χ3v) is 6.29. The molecule has 1 nitrogen and oxygen atoms in total. The van der Waals surface area contributed by atoms with Gasteiger partial charge in [-0.1, -0.05) is 19.8 Å². The third-order valence-electron chi connectivity index (χ3n) is 5.30. The van der Waals surface area contributed by atoms with E-state index >= 15 is 0 Å². The molecule has 1 aromatic heterocycles. The largest absolute Gasteiger partial charge is 0.314 e. The Morgan fingerprint density at radius 2 is 2.22 bits per heavy atom. The van der Waals surface area contributed by atoms with Crippen LogP contribution in [0.15, 0.2) is 11.4 Å². The van der Waals surface area contributed by atoms with Gasteiger partial charge in [-0.25, -0.2) is 0 Å². The van der Waals surface area contributed by atoms with Crippen molar-refractivity contribution in [2.24, 2.45) is 5.92 Å². The Hall–Kier alpha value is -0.340. The molecule has 100 valence electrons. The van der Waals surface area contributed by atoms with Crippen molar-refractivity contribution < 1.29 is 0 Å². The van der Waals surface area contributed by atoms with E-state index in [1.165, 1.54) is 44.9 Å². The van der Waals surface area contributed by atoms with Crippen molar-refractivity contribution in [3.05, 3.63) is 21.9 Å². The Morgan fingerprint density at radius 1 is 1.44 bits per heavy atom. The fourth-order valence-corrected chi connectivity index (χ4v) is 4.43. The minimum absolute atomic E-state index is 0.398. The fraction of sp³-hybridized carbons (Fsp3) is 0.750. The van der Waals surface area contributed by atoms with Crippen LogP contribution in [0.4, 0.5) is 0 Å². The molecule has 1 heterocycles. The molecular weight excluding hydrogens is 238 g/mol. The Labute approximate surface area is 115 Å². The standard InChI is InChI=1S/C16H25NS/c1-12(16(17-2)9-3-10-16)14-8-11-18-15(14)7-6-13-4-5-13/h8,11-13,17H,3-7,9-10H2,1-2H3. The molecule has 1 N–H and O–H groups in total. The molecule has 1 atom stereocenters. The van der Waals surface area contributed by atoms with Gasteiger partial charge in [0.2, 0.25) is 0 Å². The van der Waals surface area contributed by atoms with Crippen LogP contribution in [0, 0.1) is 5.92 Å². The van der Waals surface area contributed by atoms with E-state index in [0.717, 1.165) is 5.92 Å². The van der Waals surface area contributed by atoms with Crippen molar-refractivity contribution in [2.45, 2.75) is 63.3 Å². The van der Waals surface area contributed by atoms with Crippen molar-refractivity contribution in [1.82, 2.24) is 5.32 Å². The predicted molar refractivity (Wildman–Crippen MR) is 79.4 cm³/mol. The molecule has 18 heavy (non-hydrogen) atoms. The van der Waals surface area contributed by atoms with Crippen LogP contribution < -0.4 is 5.32 Å². The summed E-state index contributed by atoms with van der Waals surface area (Å²) in [5.41, 5.74) is 2.03. The average molecular weight is 263 g/mol. The van der Waals surface area contributed by atoms with Crippen LogP contribution in [0.2, 0.25) is 0 Å². The Morgan fingerprint density at radius 3 is 2.78 bits per heavy atom. The van der Waals surface area contributed by atoms with Crippen molar-refractivity contribution in [2.75, 3.05) is 7.05 Å². The second kappa shape index (κ2) is 4.97. The minimum Gasteiger partial charge on any atom is -0.314 e. The van der Waals surface area contributed by atoms with Gasteiger partial charge < -0.3 is 5.32 Å². The molecule has 3 rings (SSSR count). The molecular formula is C16H25NS. The van der Waals surface area contributed by atoms with E-state index in [0.29, 0.717) is 11.5 Å². The minimum atomic E-state index is 0.398. The molecule has 0 aliphatic heterocycles. The maximum absolute atomic E-state index is 3.61. The Bertz CT molecular complexity index is 395. The number of hydrogen-bond donors (Lipinski definition) is 1. The smallest absolute Gasteiger partial charge is 0.0244 e. The first-order valence-electron chi connectivity index (χ1n) is 7.50. The molecule has 1 aromatic rings. The van der Waals surface area contributed by atoms with Gasteiger partial charge in [-0.3, -0.25) is 0 Å². The van der Waals surface area contributed by atoms with Gasteiger partial charge in [0.05, 0.1) is 0 Å². The number of rotatable bonds is 6. The van der Waals surface area contributed by atoms with Gasteiger partial charge >= 0.3 is 0 Å². The molecule has 2 fully saturated rings. The van der Waals surface area contributed by atoms with Gasteiger partial charge in [-0.2, -0.15) is 0 Å². The molecule has 2 aliphatic rings. The van der Waals surface area contributed by atoms with Gasteiger partial charge in [0.15, 0.2) is 0 Å². The first-order chi connectivity index (χ1) is 8.75. The third kappa shape index (κ3) is 2.25. The van der Waals surface area contributed by atoms with E-state index in [2.05, 4.69) is 30.7 Å². The molecule has 2 aliphatic carbocycles. The van der Waals surface area contributed by atoms with E-state index in [1.807, 2.05) is 11.3 Å². The maximum Gasteiger partial charge on any atom is 0.0244 e. The second-order valence-corrected chi connectivity index (χ2v) is 7.26. The first kappa shape index (κ1) is 12.7. The van der Waals surface area contributed by atoms with E-state index in [1.54, 1.807) is 10.4 Å². The van der Waals surface area contributed by atoms with Gasteiger partial charge in [0, 0.05) is 16.3 Å². The highest BCUT2D eigenvalue weighted by Crippen LogP contribution is 2.45. The summed E-state index contributed by atoms with van der Waals surface area (Å²) in [4.78, 5) is 1.66. The zero-order valence-electron chi connectivity index (χ0n) is 11.7. The molecule has 0 spiro atoms. The summed E-state index contributed by atoms with van der Waals surface area (Å²) in [5, 5.41) is 5.91. The quantitative estimate of drug-likeness (QED) is 0.805. The summed E-state index contributed by atoms with van der Waals surface area (Å²) in [7, 11) is 2.14. The summed E-state index contributed by atoms with van der Waals surface area (Å²) in [5.74, 6) is 1.73. The van der Waals surface area contributed by atoms with Crippen LogP contribution in [0.5, 0.6) is 0 Å². The zero-order chi connectivity index (χ0) is 12.6. The van der Waals surface area contributed by atoms with Gasteiger partial charge in [0.25, 0.3) is 0 Å². The Balaban J connectivity index is 1.72. The summed E-state index contributed by atoms with van der Waals surface area (Å²) in [6.45, 7) is 2.43. The molecule has 0 aromatic carbocycles. The number of aryl methyl sites for hydroxylation is 1. The molecule has 0 radical (unpaired) electrons. The van der Waals surface area contributed by atoms with Crippen LogP contribution in [-0.2, 0) is 6.42 Å². The van der Waals surface area contributed by atoms with Crippen LogP contribution in [0.25, 0.3) is 0 Å². The van der Waals surface area contributed by atoms with Gasteiger partial charge in [-0.15, -0.1) is 11.3 Å². The predicted octanol–water partition coefficient (Wildman–Crippen LogP) is 4.34. The maximum atomic E-state index is 3.61. The fourth-order valence-electron chi connectivity index (χ4n) is 3.44. The zero-order valence-corrected chi connectivity index (χ0v) is 12.5. The molecule has 2 heteroatoms. The van der Waals surface area contributed by atoms with Crippen molar-refractivity contribution >= 4 is 11.3 Å². The second-order valence-electron chi connectivity index (χ2n) is 6.26. The summed E-state index contributed by atoms with van der Waals surface area (Å²) >= 11 is 1.98. The van der Waals surface area contributed by atoms with Crippen LogP contribution in [0.3, 0.4) is 0 Å². The number of nitrogens with one attached hydrogen (secondary N) is 1. The first-order valence-corrected chi connectivity index (χ1v) is 8.38. The van der Waals surface area contributed by atoms with E-state index in [9.17, 15) is 0 Å². The SMILES string of the molecule is CNC1(C(C)c2ccsc2CCC2CC2)CCC1. The molecule has 2 saturated carbocycles. The normalized spacial score (nSPS) is 23.7. The number of likely N-dealkylation sites (N-methyl/N-ethyl adjacent to an activating group) is 1. The lowest BCUT2D eigenvalue weighted by atomic mass is 9.66. The lowest BCUT2D eigenvalue weighted by Gasteiger charge is -2.47. The van der Waals surface area contributed by atoms with Gasteiger partial charge in [-0.05, 0) is 62.1 Å². The van der Waals surface area contributed by atoms with E-state index in [-0.39, 0.29) is 0 Å². The lowest BCUT2D eigenvalue weighted by Crippen LogP contribution is -2.53. The van der Waals surface area contributed by atoms with Crippen LogP contribution in [-0.4, -0.2) is 12.6 Å². The molecule has 0 saturated heterocycles. The van der Waals surface area contributed by atoms with Gasteiger partial charge in [0.1, 0.15) is 0 Å².